The standard InChI is InChI=1S/C31H31FN4O5/c1-39-25-14-8-21(9-15-25)28-19-36(24-12-10-23(32)11-13-24)31(33-28)34-29(37)20-35(18-27-7-4-16-41-27)30(38)22-5-3-6-26(17-22)40-2/h3,5-6,8-15,17,19,27H,4,7,16,18,20H2,1-2H3,(H,33,34,37)/t27-/m1/s1. The van der Waals surface area contributed by atoms with E-state index in [0.717, 1.165) is 18.4 Å². The van der Waals surface area contributed by atoms with E-state index in [2.05, 4.69) is 10.3 Å². The molecule has 41 heavy (non-hydrogen) atoms. The fraction of sp³-hybridized carbons (Fsp3) is 0.258. The normalized spacial score (nSPS) is 14.5. The molecule has 0 spiro atoms. The molecular weight excluding hydrogens is 527 g/mol. The summed E-state index contributed by atoms with van der Waals surface area (Å²) >= 11 is 0. The predicted molar refractivity (Wildman–Crippen MR) is 152 cm³/mol. The van der Waals surface area contributed by atoms with Gasteiger partial charge in [-0.3, -0.25) is 19.5 Å². The third kappa shape index (κ3) is 6.72. The highest BCUT2D eigenvalue weighted by molar-refractivity contribution is 5.99. The number of aromatic nitrogens is 2. The number of benzene rings is 3. The Hall–Kier alpha value is -4.70. The van der Waals surface area contributed by atoms with E-state index in [1.54, 1.807) is 54.3 Å². The van der Waals surface area contributed by atoms with Crippen LogP contribution in [-0.4, -0.2) is 66.3 Å². The van der Waals surface area contributed by atoms with Crippen LogP contribution in [0.3, 0.4) is 0 Å². The van der Waals surface area contributed by atoms with Crippen LogP contribution in [0, 0.1) is 5.82 Å². The molecule has 0 aliphatic carbocycles. The molecule has 1 aliphatic heterocycles. The minimum atomic E-state index is -0.436. The Bertz CT molecular complexity index is 1500. The summed E-state index contributed by atoms with van der Waals surface area (Å²) in [6.07, 6.45) is 3.32. The maximum absolute atomic E-state index is 13.7. The molecule has 3 aromatic carbocycles. The zero-order valence-electron chi connectivity index (χ0n) is 22.9. The lowest BCUT2D eigenvalue weighted by atomic mass is 10.1. The van der Waals surface area contributed by atoms with Crippen LogP contribution in [0.5, 0.6) is 11.5 Å². The topological polar surface area (TPSA) is 94.9 Å². The molecule has 1 fully saturated rings. The van der Waals surface area contributed by atoms with E-state index in [1.165, 1.54) is 24.1 Å². The average Bonchev–Trinajstić information content (AvgIpc) is 3.67. The quantitative estimate of drug-likeness (QED) is 0.296. The lowest BCUT2D eigenvalue weighted by Crippen LogP contribution is -2.42. The monoisotopic (exact) mass is 558 g/mol. The van der Waals surface area contributed by atoms with E-state index in [4.69, 9.17) is 14.2 Å². The van der Waals surface area contributed by atoms with Crippen molar-refractivity contribution >= 4 is 17.8 Å². The van der Waals surface area contributed by atoms with Gasteiger partial charge in [0.2, 0.25) is 11.9 Å². The van der Waals surface area contributed by atoms with Crippen molar-refractivity contribution in [3.63, 3.8) is 0 Å². The lowest BCUT2D eigenvalue weighted by molar-refractivity contribution is -0.117. The van der Waals surface area contributed by atoms with Gasteiger partial charge in [-0.15, -0.1) is 0 Å². The van der Waals surface area contributed by atoms with Crippen molar-refractivity contribution in [1.29, 1.82) is 0 Å². The molecule has 5 rings (SSSR count). The Morgan fingerprint density at radius 2 is 1.80 bits per heavy atom. The Labute approximate surface area is 237 Å². The summed E-state index contributed by atoms with van der Waals surface area (Å²) < 4.78 is 31.6. The molecule has 1 N–H and O–H groups in total. The number of hydrogen-bond acceptors (Lipinski definition) is 6. The summed E-state index contributed by atoms with van der Waals surface area (Å²) in [5, 5.41) is 2.86. The molecule has 4 aromatic rings. The first-order valence-corrected chi connectivity index (χ1v) is 13.3. The second kappa shape index (κ2) is 12.6. The van der Waals surface area contributed by atoms with Gasteiger partial charge in [0.1, 0.15) is 23.9 Å². The summed E-state index contributed by atoms with van der Waals surface area (Å²) in [6, 6.07) is 20.0. The molecule has 10 heteroatoms. The van der Waals surface area contributed by atoms with E-state index in [1.807, 2.05) is 24.3 Å². The summed E-state index contributed by atoms with van der Waals surface area (Å²) in [4.78, 5) is 33.1. The van der Waals surface area contributed by atoms with Gasteiger partial charge in [-0.05, 0) is 79.6 Å². The van der Waals surface area contributed by atoms with Crippen molar-refractivity contribution in [3.05, 3.63) is 90.4 Å². The van der Waals surface area contributed by atoms with Crippen molar-refractivity contribution < 1.29 is 28.2 Å². The van der Waals surface area contributed by atoms with Gasteiger partial charge >= 0.3 is 0 Å². The number of ether oxygens (including phenoxy) is 3. The number of methoxy groups -OCH3 is 2. The van der Waals surface area contributed by atoms with E-state index in [-0.39, 0.29) is 36.9 Å². The number of anilines is 1. The van der Waals surface area contributed by atoms with Crippen LogP contribution in [0.15, 0.2) is 79.0 Å². The number of halogens is 1. The maximum atomic E-state index is 13.7. The van der Waals surface area contributed by atoms with E-state index in [0.29, 0.717) is 35.1 Å². The number of nitrogens with zero attached hydrogens (tertiary/aromatic N) is 3. The Balaban J connectivity index is 1.41. The van der Waals surface area contributed by atoms with E-state index in [9.17, 15) is 14.0 Å². The summed E-state index contributed by atoms with van der Waals surface area (Å²) in [6.45, 7) is 0.679. The summed E-state index contributed by atoms with van der Waals surface area (Å²) in [7, 11) is 3.12. The van der Waals surface area contributed by atoms with Gasteiger partial charge in [0.15, 0.2) is 0 Å². The fourth-order valence-corrected chi connectivity index (χ4v) is 4.70. The van der Waals surface area contributed by atoms with Gasteiger partial charge in [0, 0.05) is 36.2 Å². The molecule has 0 saturated carbocycles. The van der Waals surface area contributed by atoms with Crippen molar-refractivity contribution in [2.45, 2.75) is 18.9 Å². The molecular formula is C31H31FN4O5. The van der Waals surface area contributed by atoms with Gasteiger partial charge in [-0.2, -0.15) is 0 Å². The number of amides is 2. The molecule has 2 heterocycles. The smallest absolute Gasteiger partial charge is 0.254 e. The van der Waals surface area contributed by atoms with Crippen LogP contribution in [0.4, 0.5) is 10.3 Å². The van der Waals surface area contributed by atoms with Gasteiger partial charge < -0.3 is 19.1 Å². The predicted octanol–water partition coefficient (Wildman–Crippen LogP) is 4.96. The molecule has 1 saturated heterocycles. The van der Waals surface area contributed by atoms with E-state index >= 15 is 0 Å². The van der Waals surface area contributed by atoms with Crippen LogP contribution in [0.2, 0.25) is 0 Å². The second-order valence-corrected chi connectivity index (χ2v) is 9.63. The van der Waals surface area contributed by atoms with Crippen LogP contribution >= 0.6 is 0 Å². The number of carbonyl (C=O) groups excluding carboxylic acids is 2. The minimum Gasteiger partial charge on any atom is -0.497 e. The number of carbonyl (C=O) groups is 2. The number of rotatable bonds is 10. The third-order valence-electron chi connectivity index (χ3n) is 6.83. The first kappa shape index (κ1) is 27.9. The Kier molecular flexibility index (Phi) is 8.59. The van der Waals surface area contributed by atoms with E-state index < -0.39 is 5.91 Å². The van der Waals surface area contributed by atoms with Crippen molar-refractivity contribution in [1.82, 2.24) is 14.5 Å². The molecule has 1 aliphatic rings. The average molecular weight is 559 g/mol. The highest BCUT2D eigenvalue weighted by Crippen LogP contribution is 2.26. The minimum absolute atomic E-state index is 0.153. The van der Waals surface area contributed by atoms with Gasteiger partial charge in [0.25, 0.3) is 5.91 Å². The fourth-order valence-electron chi connectivity index (χ4n) is 4.70. The largest absolute Gasteiger partial charge is 0.497 e. The molecule has 2 amide bonds. The summed E-state index contributed by atoms with van der Waals surface area (Å²) in [5.41, 5.74) is 2.41. The molecule has 0 bridgehead atoms. The third-order valence-corrected chi connectivity index (χ3v) is 6.83. The van der Waals surface area contributed by atoms with Crippen LogP contribution in [0.1, 0.15) is 23.2 Å². The van der Waals surface area contributed by atoms with Gasteiger partial charge in [-0.1, -0.05) is 6.07 Å². The highest BCUT2D eigenvalue weighted by atomic mass is 19.1. The molecule has 0 unspecified atom stereocenters. The first-order chi connectivity index (χ1) is 19.9. The highest BCUT2D eigenvalue weighted by Gasteiger charge is 2.26. The van der Waals surface area contributed by atoms with Crippen molar-refractivity contribution in [2.75, 3.05) is 39.2 Å². The SMILES string of the molecule is COc1ccc(-c2cn(-c3ccc(F)cc3)c(NC(=O)CN(C[C@H]3CCCO3)C(=O)c3cccc(OC)c3)n2)cc1. The molecule has 212 valence electrons. The molecule has 0 radical (unpaired) electrons. The molecule has 1 atom stereocenters. The number of imidazole rings is 1. The van der Waals surface area contributed by atoms with Crippen molar-refractivity contribution in [3.8, 4) is 28.4 Å². The maximum Gasteiger partial charge on any atom is 0.254 e. The zero-order valence-corrected chi connectivity index (χ0v) is 22.9. The lowest BCUT2D eigenvalue weighted by Gasteiger charge is -2.25. The summed E-state index contributed by atoms with van der Waals surface area (Å²) in [5.74, 6) is 0.357. The van der Waals surface area contributed by atoms with Crippen LogP contribution in [0.25, 0.3) is 16.9 Å². The number of hydrogen-bond donors (Lipinski definition) is 1. The van der Waals surface area contributed by atoms with Gasteiger partial charge in [0.05, 0.1) is 26.0 Å². The first-order valence-electron chi connectivity index (χ1n) is 13.3. The molecule has 1 aromatic heterocycles. The Morgan fingerprint density at radius 3 is 2.49 bits per heavy atom. The van der Waals surface area contributed by atoms with Crippen molar-refractivity contribution in [2.24, 2.45) is 0 Å². The molecule has 9 nitrogen and oxygen atoms in total. The van der Waals surface area contributed by atoms with Crippen LogP contribution < -0.4 is 14.8 Å². The Morgan fingerprint density at radius 1 is 1.05 bits per heavy atom. The van der Waals surface area contributed by atoms with Crippen LogP contribution in [-0.2, 0) is 9.53 Å². The number of nitrogens with one attached hydrogen (secondary N) is 1. The zero-order chi connectivity index (χ0) is 28.8. The van der Waals surface area contributed by atoms with Gasteiger partial charge in [-0.25, -0.2) is 9.37 Å². The second-order valence-electron chi connectivity index (χ2n) is 9.63.